The van der Waals surface area contributed by atoms with Gasteiger partial charge in [0.15, 0.2) is 0 Å². The summed E-state index contributed by atoms with van der Waals surface area (Å²) >= 11 is 0. The second kappa shape index (κ2) is 8.22. The van der Waals surface area contributed by atoms with Crippen LogP contribution in [0, 0.1) is 0 Å². The Kier molecular flexibility index (Phi) is 6.02. The van der Waals surface area contributed by atoms with Gasteiger partial charge >= 0.3 is 6.03 Å². The van der Waals surface area contributed by atoms with Gasteiger partial charge in [0, 0.05) is 18.9 Å². The van der Waals surface area contributed by atoms with Gasteiger partial charge in [0.1, 0.15) is 0 Å². The first kappa shape index (κ1) is 16.9. The number of alkyl halides is 2. The van der Waals surface area contributed by atoms with Gasteiger partial charge in [-0.1, -0.05) is 30.3 Å². The van der Waals surface area contributed by atoms with Gasteiger partial charge in [-0.25, -0.2) is 13.6 Å². The van der Waals surface area contributed by atoms with Crippen LogP contribution in [0.2, 0.25) is 0 Å². The first-order chi connectivity index (χ1) is 11.1. The summed E-state index contributed by atoms with van der Waals surface area (Å²) in [6.07, 6.45) is 0.665. The van der Waals surface area contributed by atoms with E-state index in [2.05, 4.69) is 10.3 Å². The van der Waals surface area contributed by atoms with E-state index in [1.165, 1.54) is 0 Å². The van der Waals surface area contributed by atoms with Crippen LogP contribution in [0.1, 0.15) is 24.1 Å². The molecule has 0 saturated carbocycles. The monoisotopic (exact) mass is 319 g/mol. The number of nitrogens with one attached hydrogen (secondary N) is 1. The highest BCUT2D eigenvalue weighted by atomic mass is 19.3. The Hall–Kier alpha value is -2.50. The molecular formula is C17H19F2N3O. The Morgan fingerprint density at radius 3 is 2.43 bits per heavy atom. The van der Waals surface area contributed by atoms with Gasteiger partial charge in [-0.05, 0) is 30.2 Å². The minimum atomic E-state index is -2.58. The molecule has 0 aliphatic carbocycles. The Morgan fingerprint density at radius 1 is 1.17 bits per heavy atom. The summed E-state index contributed by atoms with van der Waals surface area (Å²) in [6.45, 7) is 1.33. The normalized spacial score (nSPS) is 12.0. The number of pyridine rings is 1. The second-order valence-electron chi connectivity index (χ2n) is 5.21. The van der Waals surface area contributed by atoms with Crippen molar-refractivity contribution in [2.45, 2.75) is 25.9 Å². The Labute approximate surface area is 134 Å². The maximum atomic E-state index is 12.8. The average molecular weight is 319 g/mol. The van der Waals surface area contributed by atoms with Crippen LogP contribution in [0.3, 0.4) is 0 Å². The number of halogens is 2. The van der Waals surface area contributed by atoms with E-state index in [1.807, 2.05) is 18.2 Å². The van der Waals surface area contributed by atoms with Gasteiger partial charge in [0.2, 0.25) is 0 Å². The molecular weight excluding hydrogens is 300 g/mol. The van der Waals surface area contributed by atoms with Crippen molar-refractivity contribution in [3.63, 3.8) is 0 Å². The molecule has 122 valence electrons. The van der Waals surface area contributed by atoms with Crippen molar-refractivity contribution in [3.8, 4) is 0 Å². The summed E-state index contributed by atoms with van der Waals surface area (Å²) in [6, 6.07) is 11.8. The van der Waals surface area contributed by atoms with Crippen LogP contribution >= 0.6 is 0 Å². The van der Waals surface area contributed by atoms with E-state index in [0.717, 1.165) is 16.0 Å². The molecule has 0 aliphatic heterocycles. The number of aromatic nitrogens is 1. The summed E-state index contributed by atoms with van der Waals surface area (Å²) in [4.78, 5) is 17.4. The number of hydrogen-bond donors (Lipinski definition) is 1. The lowest BCUT2D eigenvalue weighted by molar-refractivity contribution is 0.0949. The zero-order chi connectivity index (χ0) is 16.7. The first-order valence-corrected chi connectivity index (χ1v) is 7.33. The fourth-order valence-electron chi connectivity index (χ4n) is 2.20. The molecule has 1 aromatic carbocycles. The van der Waals surface area contributed by atoms with Gasteiger partial charge in [-0.15, -0.1) is 0 Å². The minimum absolute atomic E-state index is 0.139. The first-order valence-electron chi connectivity index (χ1n) is 7.33. The summed E-state index contributed by atoms with van der Waals surface area (Å²) in [5.41, 5.74) is 1.67. The molecule has 1 heterocycles. The summed E-state index contributed by atoms with van der Waals surface area (Å²) in [5.74, 6) is 0. The molecule has 0 unspecified atom stereocenters. The zero-order valence-corrected chi connectivity index (χ0v) is 12.8. The van der Waals surface area contributed by atoms with Crippen molar-refractivity contribution < 1.29 is 13.6 Å². The topological polar surface area (TPSA) is 45.2 Å². The lowest BCUT2D eigenvalue weighted by atomic mass is 10.1. The summed E-state index contributed by atoms with van der Waals surface area (Å²) in [5, 5.41) is 2.75. The van der Waals surface area contributed by atoms with E-state index in [-0.39, 0.29) is 12.6 Å². The van der Waals surface area contributed by atoms with Crippen LogP contribution in [0.15, 0.2) is 54.9 Å². The number of urea groups is 1. The van der Waals surface area contributed by atoms with E-state index < -0.39 is 19.0 Å². The van der Waals surface area contributed by atoms with Crippen LogP contribution in [-0.4, -0.2) is 28.9 Å². The number of rotatable bonds is 6. The number of nitrogens with zero attached hydrogens (tertiary/aromatic N) is 2. The number of carbonyl (C=O) groups is 1. The molecule has 0 bridgehead atoms. The lowest BCUT2D eigenvalue weighted by Gasteiger charge is -2.25. The zero-order valence-electron chi connectivity index (χ0n) is 12.8. The quantitative estimate of drug-likeness (QED) is 0.884. The van der Waals surface area contributed by atoms with Crippen LogP contribution < -0.4 is 5.32 Å². The maximum Gasteiger partial charge on any atom is 0.318 e. The Balaban J connectivity index is 2.04. The third-order valence-corrected chi connectivity index (χ3v) is 3.41. The van der Waals surface area contributed by atoms with Gasteiger partial charge in [0.25, 0.3) is 6.43 Å². The van der Waals surface area contributed by atoms with E-state index in [9.17, 15) is 13.6 Å². The summed E-state index contributed by atoms with van der Waals surface area (Å²) < 4.78 is 25.6. The molecule has 1 N–H and O–H groups in total. The maximum absolute atomic E-state index is 12.8. The standard InChI is InChI=1S/C17H19F2N3O/c1-13(15-7-9-20-10-8-15)21-17(23)22(12-16(18)19)11-14-5-3-2-4-6-14/h2-10,13,16H,11-12H2,1H3,(H,21,23)/t13-/m1/s1. The molecule has 2 amide bonds. The van der Waals surface area contributed by atoms with Crippen LogP contribution in [0.25, 0.3) is 0 Å². The number of hydrogen-bond acceptors (Lipinski definition) is 2. The summed E-state index contributed by atoms with van der Waals surface area (Å²) in [7, 11) is 0. The van der Waals surface area contributed by atoms with E-state index in [0.29, 0.717) is 0 Å². The molecule has 0 radical (unpaired) electrons. The van der Waals surface area contributed by atoms with Gasteiger partial charge < -0.3 is 10.2 Å². The van der Waals surface area contributed by atoms with Crippen LogP contribution in [0.4, 0.5) is 13.6 Å². The number of carbonyl (C=O) groups excluding carboxylic acids is 1. The fraction of sp³-hybridized carbons (Fsp3) is 0.294. The fourth-order valence-corrected chi connectivity index (χ4v) is 2.20. The molecule has 0 saturated heterocycles. The third kappa shape index (κ3) is 5.32. The van der Waals surface area contributed by atoms with Crippen molar-refractivity contribution in [2.24, 2.45) is 0 Å². The van der Waals surface area contributed by atoms with Gasteiger partial charge in [-0.2, -0.15) is 0 Å². The SMILES string of the molecule is C[C@@H](NC(=O)N(Cc1ccccc1)CC(F)F)c1ccncc1. The highest BCUT2D eigenvalue weighted by Gasteiger charge is 2.20. The second-order valence-corrected chi connectivity index (χ2v) is 5.21. The van der Waals surface area contributed by atoms with Gasteiger partial charge in [0.05, 0.1) is 12.6 Å². The Bertz CT molecular complexity index is 608. The average Bonchev–Trinajstić information content (AvgIpc) is 2.55. The molecule has 4 nitrogen and oxygen atoms in total. The van der Waals surface area contributed by atoms with Crippen molar-refractivity contribution in [3.05, 3.63) is 66.0 Å². The van der Waals surface area contributed by atoms with Crippen molar-refractivity contribution >= 4 is 6.03 Å². The lowest BCUT2D eigenvalue weighted by Crippen LogP contribution is -2.42. The molecule has 1 atom stereocenters. The number of benzene rings is 1. The van der Waals surface area contributed by atoms with E-state index in [4.69, 9.17) is 0 Å². The molecule has 6 heteroatoms. The minimum Gasteiger partial charge on any atom is -0.331 e. The third-order valence-electron chi connectivity index (χ3n) is 3.41. The Morgan fingerprint density at radius 2 is 1.83 bits per heavy atom. The molecule has 2 rings (SSSR count). The molecule has 23 heavy (non-hydrogen) atoms. The van der Waals surface area contributed by atoms with Crippen molar-refractivity contribution in [1.82, 2.24) is 15.2 Å². The predicted octanol–water partition coefficient (Wildman–Crippen LogP) is 3.62. The van der Waals surface area contributed by atoms with Crippen molar-refractivity contribution in [2.75, 3.05) is 6.54 Å². The number of amides is 2. The molecule has 1 aromatic heterocycles. The smallest absolute Gasteiger partial charge is 0.318 e. The largest absolute Gasteiger partial charge is 0.331 e. The molecule has 0 spiro atoms. The van der Waals surface area contributed by atoms with Crippen molar-refractivity contribution in [1.29, 1.82) is 0 Å². The van der Waals surface area contributed by atoms with Crippen LogP contribution in [0.5, 0.6) is 0 Å². The molecule has 2 aromatic rings. The van der Waals surface area contributed by atoms with Crippen LogP contribution in [-0.2, 0) is 6.54 Å². The molecule has 0 aliphatic rings. The highest BCUT2D eigenvalue weighted by Crippen LogP contribution is 2.13. The predicted molar refractivity (Wildman–Crippen MR) is 84.0 cm³/mol. The molecule has 0 fully saturated rings. The van der Waals surface area contributed by atoms with E-state index >= 15 is 0 Å². The highest BCUT2D eigenvalue weighted by molar-refractivity contribution is 5.74. The van der Waals surface area contributed by atoms with E-state index in [1.54, 1.807) is 43.6 Å². The van der Waals surface area contributed by atoms with Gasteiger partial charge in [-0.3, -0.25) is 4.98 Å².